The van der Waals surface area contributed by atoms with Crippen molar-refractivity contribution < 1.29 is 14.5 Å². The number of amides is 1. The molecule has 1 amide bonds. The number of H-pyrrole nitrogens is 1. The van der Waals surface area contributed by atoms with E-state index in [-0.39, 0.29) is 12.5 Å². The first kappa shape index (κ1) is 14.4. The number of hydrogen-bond donors (Lipinski definition) is 0. The van der Waals surface area contributed by atoms with E-state index in [2.05, 4.69) is 16.0 Å². The van der Waals surface area contributed by atoms with E-state index in [1.54, 1.807) is 0 Å². The van der Waals surface area contributed by atoms with Crippen molar-refractivity contribution in [2.75, 3.05) is 37.7 Å². The molecule has 3 rings (SSSR count). The molecule has 114 valence electrons. The lowest BCUT2D eigenvalue weighted by atomic mass is 10.3. The summed E-state index contributed by atoms with van der Waals surface area (Å²) in [6.07, 6.45) is 1.92. The van der Waals surface area contributed by atoms with Gasteiger partial charge < -0.3 is 9.64 Å². The third kappa shape index (κ3) is 3.55. The maximum atomic E-state index is 12.2. The number of carbonyl (C=O) groups is 1. The Labute approximate surface area is 130 Å². The number of para-hydroxylation sites is 1. The highest BCUT2D eigenvalue weighted by atomic mass is 16.5. The van der Waals surface area contributed by atoms with Crippen molar-refractivity contribution in [3.05, 3.63) is 54.7 Å². The van der Waals surface area contributed by atoms with Gasteiger partial charge in [0.05, 0.1) is 19.3 Å². The Kier molecular flexibility index (Phi) is 4.53. The van der Waals surface area contributed by atoms with Gasteiger partial charge in [0.1, 0.15) is 18.8 Å². The molecule has 2 heterocycles. The number of pyridine rings is 1. The number of piperazine rings is 1. The van der Waals surface area contributed by atoms with Gasteiger partial charge in [-0.15, -0.1) is 0 Å². The van der Waals surface area contributed by atoms with E-state index in [0.717, 1.165) is 37.7 Å². The minimum atomic E-state index is 0.0422. The van der Waals surface area contributed by atoms with Crippen molar-refractivity contribution in [3.8, 4) is 5.75 Å². The molecular formula is C17H20N3O2+. The van der Waals surface area contributed by atoms with Crippen LogP contribution in [0, 0.1) is 0 Å². The smallest absolute Gasteiger partial charge is 0.274 e. The third-order valence-corrected chi connectivity index (χ3v) is 3.77. The van der Waals surface area contributed by atoms with Crippen molar-refractivity contribution in [1.82, 2.24) is 4.90 Å². The Morgan fingerprint density at radius 1 is 1.00 bits per heavy atom. The molecule has 0 saturated carbocycles. The zero-order valence-corrected chi connectivity index (χ0v) is 12.4. The highest BCUT2D eigenvalue weighted by Crippen LogP contribution is 2.11. The van der Waals surface area contributed by atoms with Gasteiger partial charge in [0.15, 0.2) is 6.61 Å². The predicted octanol–water partition coefficient (Wildman–Crippen LogP) is 1.23. The summed E-state index contributed by atoms with van der Waals surface area (Å²) in [6.45, 7) is 3.20. The molecule has 0 bridgehead atoms. The Hall–Kier alpha value is -2.56. The standard InChI is InChI=1S/C17H19N3O2/c21-17(14-22-15-6-2-1-3-7-15)20-12-10-19(11-13-20)16-8-4-5-9-18-16/h1-9H,10-14H2/p+1. The summed E-state index contributed by atoms with van der Waals surface area (Å²) in [5.74, 6) is 1.86. The molecule has 0 aliphatic carbocycles. The van der Waals surface area contributed by atoms with Gasteiger partial charge in [-0.25, -0.2) is 4.98 Å². The number of aromatic amines is 1. The first-order valence-corrected chi connectivity index (χ1v) is 7.50. The Balaban J connectivity index is 1.48. The van der Waals surface area contributed by atoms with E-state index in [9.17, 15) is 4.79 Å². The molecule has 1 fully saturated rings. The van der Waals surface area contributed by atoms with Crippen molar-refractivity contribution in [2.24, 2.45) is 0 Å². The average molecular weight is 298 g/mol. The Bertz CT molecular complexity index is 596. The number of rotatable bonds is 4. The second-order valence-corrected chi connectivity index (χ2v) is 5.22. The molecule has 1 N–H and O–H groups in total. The summed E-state index contributed by atoms with van der Waals surface area (Å²) in [5.41, 5.74) is 0. The molecule has 0 atom stereocenters. The highest BCUT2D eigenvalue weighted by molar-refractivity contribution is 5.78. The fourth-order valence-corrected chi connectivity index (χ4v) is 2.53. The van der Waals surface area contributed by atoms with E-state index in [1.807, 2.05) is 53.6 Å². The van der Waals surface area contributed by atoms with Crippen LogP contribution in [0.15, 0.2) is 54.7 Å². The minimum absolute atomic E-state index is 0.0422. The van der Waals surface area contributed by atoms with Gasteiger partial charge in [0.2, 0.25) is 0 Å². The largest absolute Gasteiger partial charge is 0.484 e. The summed E-state index contributed by atoms with van der Waals surface area (Å²) in [7, 11) is 0. The molecule has 0 spiro atoms. The summed E-state index contributed by atoms with van der Waals surface area (Å²) < 4.78 is 5.52. The number of nitrogens with zero attached hydrogens (tertiary/aromatic N) is 2. The third-order valence-electron chi connectivity index (χ3n) is 3.77. The zero-order valence-electron chi connectivity index (χ0n) is 12.4. The SMILES string of the molecule is O=C(COc1ccccc1)N1CCN(c2cccc[nH+]2)CC1. The summed E-state index contributed by atoms with van der Waals surface area (Å²) >= 11 is 0. The lowest BCUT2D eigenvalue weighted by molar-refractivity contribution is -0.364. The number of hydrogen-bond acceptors (Lipinski definition) is 3. The van der Waals surface area contributed by atoms with Gasteiger partial charge >= 0.3 is 0 Å². The molecule has 1 aromatic carbocycles. The van der Waals surface area contributed by atoms with E-state index in [0.29, 0.717) is 0 Å². The molecule has 0 unspecified atom stereocenters. The van der Waals surface area contributed by atoms with Crippen LogP contribution in [-0.4, -0.2) is 43.6 Å². The van der Waals surface area contributed by atoms with Crippen LogP contribution in [0.4, 0.5) is 5.82 Å². The first-order valence-electron chi connectivity index (χ1n) is 7.50. The number of ether oxygens (including phenoxy) is 1. The molecule has 1 aliphatic heterocycles. The molecule has 0 radical (unpaired) electrons. The molecular weight excluding hydrogens is 278 g/mol. The maximum absolute atomic E-state index is 12.2. The molecule has 5 heteroatoms. The fourth-order valence-electron chi connectivity index (χ4n) is 2.53. The molecule has 2 aromatic rings. The lowest BCUT2D eigenvalue weighted by Crippen LogP contribution is -2.51. The van der Waals surface area contributed by atoms with Crippen molar-refractivity contribution >= 4 is 11.7 Å². The monoisotopic (exact) mass is 298 g/mol. The number of benzene rings is 1. The van der Waals surface area contributed by atoms with Gasteiger partial charge in [-0.3, -0.25) is 9.69 Å². The normalized spacial score (nSPS) is 14.7. The molecule has 1 aliphatic rings. The van der Waals surface area contributed by atoms with Crippen molar-refractivity contribution in [1.29, 1.82) is 0 Å². The van der Waals surface area contributed by atoms with Crippen LogP contribution >= 0.6 is 0 Å². The van der Waals surface area contributed by atoms with Gasteiger partial charge in [0, 0.05) is 6.07 Å². The first-order chi connectivity index (χ1) is 10.8. The van der Waals surface area contributed by atoms with Gasteiger partial charge in [0.25, 0.3) is 11.7 Å². The quantitative estimate of drug-likeness (QED) is 0.853. The lowest BCUT2D eigenvalue weighted by Gasteiger charge is -2.30. The number of aromatic nitrogens is 1. The number of anilines is 1. The zero-order chi connectivity index (χ0) is 15.2. The Morgan fingerprint density at radius 2 is 1.73 bits per heavy atom. The molecule has 5 nitrogen and oxygen atoms in total. The van der Waals surface area contributed by atoms with Gasteiger partial charge in [-0.2, -0.15) is 0 Å². The van der Waals surface area contributed by atoms with Crippen LogP contribution in [0.25, 0.3) is 0 Å². The highest BCUT2D eigenvalue weighted by Gasteiger charge is 2.26. The van der Waals surface area contributed by atoms with Crippen molar-refractivity contribution in [3.63, 3.8) is 0 Å². The number of nitrogens with one attached hydrogen (secondary N) is 1. The van der Waals surface area contributed by atoms with Crippen LogP contribution in [0.5, 0.6) is 5.75 Å². The molecule has 1 saturated heterocycles. The van der Waals surface area contributed by atoms with E-state index >= 15 is 0 Å². The summed E-state index contributed by atoms with van der Waals surface area (Å²) in [4.78, 5) is 19.5. The minimum Gasteiger partial charge on any atom is -0.484 e. The van der Waals surface area contributed by atoms with Gasteiger partial charge in [-0.1, -0.05) is 24.3 Å². The number of carbonyl (C=O) groups excluding carboxylic acids is 1. The second-order valence-electron chi connectivity index (χ2n) is 5.22. The van der Waals surface area contributed by atoms with E-state index in [1.165, 1.54) is 0 Å². The average Bonchev–Trinajstić information content (AvgIpc) is 2.61. The van der Waals surface area contributed by atoms with Crippen LogP contribution in [0.2, 0.25) is 0 Å². The van der Waals surface area contributed by atoms with Crippen LogP contribution in [-0.2, 0) is 4.79 Å². The summed E-state index contributed by atoms with van der Waals surface area (Å²) in [5, 5.41) is 0. The van der Waals surface area contributed by atoms with E-state index in [4.69, 9.17) is 4.74 Å². The second kappa shape index (κ2) is 6.93. The maximum Gasteiger partial charge on any atom is 0.274 e. The van der Waals surface area contributed by atoms with Crippen molar-refractivity contribution in [2.45, 2.75) is 0 Å². The van der Waals surface area contributed by atoms with Crippen LogP contribution in [0.1, 0.15) is 0 Å². The molecule has 22 heavy (non-hydrogen) atoms. The topological polar surface area (TPSA) is 46.9 Å². The molecule has 1 aromatic heterocycles. The predicted molar refractivity (Wildman–Crippen MR) is 83.7 cm³/mol. The fraction of sp³-hybridized carbons (Fsp3) is 0.294. The van der Waals surface area contributed by atoms with Crippen LogP contribution < -0.4 is 14.6 Å². The Morgan fingerprint density at radius 3 is 2.41 bits per heavy atom. The van der Waals surface area contributed by atoms with Gasteiger partial charge in [-0.05, 0) is 18.2 Å². The van der Waals surface area contributed by atoms with E-state index < -0.39 is 0 Å². The van der Waals surface area contributed by atoms with Crippen LogP contribution in [0.3, 0.4) is 0 Å². The summed E-state index contributed by atoms with van der Waals surface area (Å²) in [6, 6.07) is 15.5.